The van der Waals surface area contributed by atoms with E-state index in [9.17, 15) is 9.90 Å². The second kappa shape index (κ2) is 4.72. The summed E-state index contributed by atoms with van der Waals surface area (Å²) in [6.45, 7) is 5.79. The lowest BCUT2D eigenvalue weighted by Gasteiger charge is -2.38. The first-order chi connectivity index (χ1) is 7.58. The molecular weight excluding hydrogens is 204 g/mol. The number of rotatable bonds is 1. The van der Waals surface area contributed by atoms with Gasteiger partial charge in [0.2, 0.25) is 5.91 Å². The predicted molar refractivity (Wildman–Crippen MR) is 62.0 cm³/mol. The van der Waals surface area contributed by atoms with Crippen LogP contribution in [0.25, 0.3) is 0 Å². The van der Waals surface area contributed by atoms with Crippen molar-refractivity contribution in [2.24, 2.45) is 5.92 Å². The molecule has 2 aliphatic rings. The quantitative estimate of drug-likeness (QED) is 0.678. The minimum Gasteiger partial charge on any atom is -0.392 e. The highest BCUT2D eigenvalue weighted by molar-refractivity contribution is 5.82. The lowest BCUT2D eigenvalue weighted by atomic mass is 9.93. The van der Waals surface area contributed by atoms with Crippen molar-refractivity contribution in [3.63, 3.8) is 0 Å². The maximum atomic E-state index is 12.2. The van der Waals surface area contributed by atoms with E-state index >= 15 is 0 Å². The van der Waals surface area contributed by atoms with Crippen molar-refractivity contribution in [2.75, 3.05) is 13.1 Å². The third kappa shape index (κ3) is 2.38. The van der Waals surface area contributed by atoms with Gasteiger partial charge < -0.3 is 15.3 Å². The summed E-state index contributed by atoms with van der Waals surface area (Å²) in [5.74, 6) is 0.900. The average Bonchev–Trinajstić information content (AvgIpc) is 2.64. The summed E-state index contributed by atoms with van der Waals surface area (Å²) in [6, 6.07) is 0.182. The van der Waals surface area contributed by atoms with Gasteiger partial charge in [-0.05, 0) is 32.1 Å². The minimum absolute atomic E-state index is 0.161. The molecule has 0 bridgehead atoms. The molecule has 4 atom stereocenters. The fourth-order valence-corrected chi connectivity index (χ4v) is 2.84. The van der Waals surface area contributed by atoms with Crippen LogP contribution in [0.1, 0.15) is 33.1 Å². The molecule has 92 valence electrons. The molecule has 0 spiro atoms. The van der Waals surface area contributed by atoms with Crippen molar-refractivity contribution in [1.82, 2.24) is 10.2 Å². The van der Waals surface area contributed by atoms with Crippen molar-refractivity contribution < 1.29 is 9.90 Å². The largest absolute Gasteiger partial charge is 0.392 e. The zero-order valence-electron chi connectivity index (χ0n) is 10.1. The lowest BCUT2D eigenvalue weighted by molar-refractivity contribution is -0.137. The van der Waals surface area contributed by atoms with Gasteiger partial charge in [-0.3, -0.25) is 4.79 Å². The molecule has 0 aromatic rings. The molecule has 2 rings (SSSR count). The van der Waals surface area contributed by atoms with Gasteiger partial charge in [-0.1, -0.05) is 6.92 Å². The summed E-state index contributed by atoms with van der Waals surface area (Å²) in [4.78, 5) is 14.2. The Labute approximate surface area is 97.0 Å². The molecule has 0 aromatic heterocycles. The molecule has 0 aliphatic carbocycles. The molecule has 0 aromatic carbocycles. The SMILES string of the molecule is CC1CCN(C(=O)C2CC(O)CN2)C(C)C1. The fourth-order valence-electron chi connectivity index (χ4n) is 2.84. The summed E-state index contributed by atoms with van der Waals surface area (Å²) in [5, 5.41) is 12.5. The monoisotopic (exact) mass is 226 g/mol. The zero-order chi connectivity index (χ0) is 11.7. The fraction of sp³-hybridized carbons (Fsp3) is 0.917. The molecule has 2 N–H and O–H groups in total. The van der Waals surface area contributed by atoms with E-state index in [2.05, 4.69) is 19.2 Å². The zero-order valence-corrected chi connectivity index (χ0v) is 10.1. The number of aliphatic hydroxyl groups excluding tert-OH is 1. The molecule has 1 amide bonds. The number of nitrogens with zero attached hydrogens (tertiary/aromatic N) is 1. The Hall–Kier alpha value is -0.610. The molecular formula is C12H22N2O2. The number of aliphatic hydroxyl groups is 1. The van der Waals surface area contributed by atoms with Gasteiger partial charge in [-0.2, -0.15) is 0 Å². The summed E-state index contributed by atoms with van der Waals surface area (Å²) >= 11 is 0. The molecule has 0 saturated carbocycles. The Morgan fingerprint density at radius 1 is 1.38 bits per heavy atom. The Balaban J connectivity index is 1.94. The third-order valence-corrected chi connectivity index (χ3v) is 3.83. The number of hydrogen-bond acceptors (Lipinski definition) is 3. The van der Waals surface area contributed by atoms with Crippen LogP contribution < -0.4 is 5.32 Å². The van der Waals surface area contributed by atoms with Crippen LogP contribution in [0.2, 0.25) is 0 Å². The summed E-state index contributed by atoms with van der Waals surface area (Å²) < 4.78 is 0. The van der Waals surface area contributed by atoms with Gasteiger partial charge in [0.25, 0.3) is 0 Å². The van der Waals surface area contributed by atoms with E-state index in [0.29, 0.717) is 19.0 Å². The predicted octanol–water partition coefficient (Wildman–Crippen LogP) is 0.356. The first-order valence-electron chi connectivity index (χ1n) is 6.30. The van der Waals surface area contributed by atoms with Crippen molar-refractivity contribution in [2.45, 2.75) is 51.3 Å². The van der Waals surface area contributed by atoms with Gasteiger partial charge in [0.15, 0.2) is 0 Å². The molecule has 2 heterocycles. The number of nitrogens with one attached hydrogen (secondary N) is 1. The van der Waals surface area contributed by atoms with Gasteiger partial charge in [0.1, 0.15) is 0 Å². The number of carbonyl (C=O) groups is 1. The van der Waals surface area contributed by atoms with Crippen LogP contribution in [0.3, 0.4) is 0 Å². The highest BCUT2D eigenvalue weighted by Gasteiger charge is 2.34. The standard InChI is InChI=1S/C12H22N2O2/c1-8-3-4-14(9(2)5-8)12(16)11-6-10(15)7-13-11/h8-11,13,15H,3-7H2,1-2H3. The van der Waals surface area contributed by atoms with Gasteiger partial charge in [0, 0.05) is 19.1 Å². The number of hydrogen-bond donors (Lipinski definition) is 2. The van der Waals surface area contributed by atoms with Gasteiger partial charge in [-0.25, -0.2) is 0 Å². The van der Waals surface area contributed by atoms with Crippen LogP contribution >= 0.6 is 0 Å². The van der Waals surface area contributed by atoms with Crippen molar-refractivity contribution >= 4 is 5.91 Å². The molecule has 4 nitrogen and oxygen atoms in total. The van der Waals surface area contributed by atoms with E-state index in [1.165, 1.54) is 0 Å². The molecule has 2 fully saturated rings. The molecule has 2 aliphatic heterocycles. The van der Waals surface area contributed by atoms with Crippen LogP contribution in [0.15, 0.2) is 0 Å². The van der Waals surface area contributed by atoms with Crippen LogP contribution in [-0.2, 0) is 4.79 Å². The van der Waals surface area contributed by atoms with Crippen molar-refractivity contribution in [1.29, 1.82) is 0 Å². The van der Waals surface area contributed by atoms with Gasteiger partial charge in [0.05, 0.1) is 12.1 Å². The number of carbonyl (C=O) groups excluding carboxylic acids is 1. The first kappa shape index (κ1) is 11.9. The van der Waals surface area contributed by atoms with Gasteiger partial charge >= 0.3 is 0 Å². The van der Waals surface area contributed by atoms with Crippen molar-refractivity contribution in [3.05, 3.63) is 0 Å². The first-order valence-corrected chi connectivity index (χ1v) is 6.30. The van der Waals surface area contributed by atoms with Crippen LogP contribution in [-0.4, -0.2) is 47.2 Å². The Bertz CT molecular complexity index is 270. The highest BCUT2D eigenvalue weighted by Crippen LogP contribution is 2.23. The maximum absolute atomic E-state index is 12.2. The van der Waals surface area contributed by atoms with E-state index in [4.69, 9.17) is 0 Å². The molecule has 16 heavy (non-hydrogen) atoms. The van der Waals surface area contributed by atoms with Gasteiger partial charge in [-0.15, -0.1) is 0 Å². The van der Waals surface area contributed by atoms with Crippen LogP contribution in [0.4, 0.5) is 0 Å². The number of likely N-dealkylation sites (tertiary alicyclic amines) is 1. The number of piperidine rings is 1. The summed E-state index contributed by atoms with van der Waals surface area (Å²) in [7, 11) is 0. The Morgan fingerprint density at radius 3 is 2.69 bits per heavy atom. The summed E-state index contributed by atoms with van der Waals surface area (Å²) in [5.41, 5.74) is 0. The number of amides is 1. The molecule has 0 radical (unpaired) electrons. The normalized spacial score (nSPS) is 40.1. The average molecular weight is 226 g/mol. The lowest BCUT2D eigenvalue weighted by Crippen LogP contribution is -2.50. The second-order valence-electron chi connectivity index (χ2n) is 5.36. The van der Waals surface area contributed by atoms with E-state index < -0.39 is 0 Å². The van der Waals surface area contributed by atoms with Crippen molar-refractivity contribution in [3.8, 4) is 0 Å². The third-order valence-electron chi connectivity index (χ3n) is 3.83. The molecule has 4 heteroatoms. The van der Waals surface area contributed by atoms with E-state index in [1.807, 2.05) is 4.90 Å². The second-order valence-corrected chi connectivity index (χ2v) is 5.36. The van der Waals surface area contributed by atoms with E-state index in [0.717, 1.165) is 25.3 Å². The molecule has 4 unspecified atom stereocenters. The van der Waals surface area contributed by atoms with Crippen LogP contribution in [0.5, 0.6) is 0 Å². The topological polar surface area (TPSA) is 52.6 Å². The van der Waals surface area contributed by atoms with Crippen LogP contribution in [0, 0.1) is 5.92 Å². The number of β-amino-alcohol motifs (C(OH)–C–C–N with tert-alkyl or cyclic N) is 1. The highest BCUT2D eigenvalue weighted by atomic mass is 16.3. The molecule has 2 saturated heterocycles. The van der Waals surface area contributed by atoms with E-state index in [1.54, 1.807) is 0 Å². The Kier molecular flexibility index (Phi) is 3.50. The Morgan fingerprint density at radius 2 is 2.12 bits per heavy atom. The maximum Gasteiger partial charge on any atom is 0.240 e. The van der Waals surface area contributed by atoms with E-state index in [-0.39, 0.29) is 18.1 Å². The minimum atomic E-state index is -0.354. The smallest absolute Gasteiger partial charge is 0.240 e. The summed E-state index contributed by atoms with van der Waals surface area (Å²) in [6.07, 6.45) is 2.41.